The topological polar surface area (TPSA) is 113 Å². The van der Waals surface area contributed by atoms with Gasteiger partial charge in [-0.15, -0.1) is 0 Å². The average Bonchev–Trinajstić information content (AvgIpc) is 2.74. The van der Waals surface area contributed by atoms with E-state index in [2.05, 4.69) is 10.0 Å². The molecular weight excluding hydrogens is 450 g/mol. The summed E-state index contributed by atoms with van der Waals surface area (Å²) in [7, 11) is -5.75. The SMILES string of the molecule is Cc1ccccc1NS(=O)(=O)c1ccc(NC(=O)c2ccc(N(C)S(C)(=O)=O)cc2)cc1. The molecule has 0 radical (unpaired) electrons. The number of sulfonamides is 2. The highest BCUT2D eigenvalue weighted by atomic mass is 32.2. The fraction of sp³-hybridized carbons (Fsp3) is 0.136. The number of nitrogens with one attached hydrogen (secondary N) is 2. The minimum atomic E-state index is -3.77. The zero-order chi connectivity index (χ0) is 23.5. The lowest BCUT2D eigenvalue weighted by Gasteiger charge is -2.16. The lowest BCUT2D eigenvalue weighted by atomic mass is 10.2. The molecule has 2 N–H and O–H groups in total. The number of nitrogens with zero attached hydrogens (tertiary/aromatic N) is 1. The van der Waals surface area contributed by atoms with Gasteiger partial charge in [0, 0.05) is 18.3 Å². The van der Waals surface area contributed by atoms with Crippen molar-refractivity contribution in [2.75, 3.05) is 27.6 Å². The zero-order valence-electron chi connectivity index (χ0n) is 17.7. The average molecular weight is 474 g/mol. The normalized spacial score (nSPS) is 11.6. The summed E-state index contributed by atoms with van der Waals surface area (Å²) in [4.78, 5) is 12.5. The molecule has 0 saturated carbocycles. The van der Waals surface area contributed by atoms with E-state index in [1.54, 1.807) is 12.1 Å². The second kappa shape index (κ2) is 9.01. The highest BCUT2D eigenvalue weighted by Gasteiger charge is 2.16. The number of para-hydroxylation sites is 1. The first kappa shape index (κ1) is 23.3. The van der Waals surface area contributed by atoms with Gasteiger partial charge in [0.1, 0.15) is 0 Å². The quantitative estimate of drug-likeness (QED) is 0.546. The van der Waals surface area contributed by atoms with Crippen molar-refractivity contribution in [1.82, 2.24) is 0 Å². The minimum absolute atomic E-state index is 0.0620. The molecule has 0 bridgehead atoms. The van der Waals surface area contributed by atoms with E-state index < -0.39 is 26.0 Å². The Morgan fingerprint density at radius 2 is 1.44 bits per heavy atom. The van der Waals surface area contributed by atoms with Crippen LogP contribution in [0.1, 0.15) is 15.9 Å². The molecule has 0 unspecified atom stereocenters. The van der Waals surface area contributed by atoms with Crippen LogP contribution >= 0.6 is 0 Å². The van der Waals surface area contributed by atoms with Gasteiger partial charge in [0.25, 0.3) is 15.9 Å². The van der Waals surface area contributed by atoms with Crippen LogP contribution in [0.2, 0.25) is 0 Å². The predicted molar refractivity (Wildman–Crippen MR) is 126 cm³/mol. The highest BCUT2D eigenvalue weighted by molar-refractivity contribution is 7.92. The first-order valence-corrected chi connectivity index (χ1v) is 12.8. The highest BCUT2D eigenvalue weighted by Crippen LogP contribution is 2.21. The molecule has 0 saturated heterocycles. The number of hydrogen-bond acceptors (Lipinski definition) is 5. The monoisotopic (exact) mass is 473 g/mol. The van der Waals surface area contributed by atoms with E-state index in [1.807, 2.05) is 19.1 Å². The summed E-state index contributed by atoms with van der Waals surface area (Å²) in [6.45, 7) is 1.81. The van der Waals surface area contributed by atoms with E-state index in [9.17, 15) is 21.6 Å². The van der Waals surface area contributed by atoms with Gasteiger partial charge in [0.15, 0.2) is 0 Å². The van der Waals surface area contributed by atoms with Gasteiger partial charge in [0.05, 0.1) is 22.5 Å². The van der Waals surface area contributed by atoms with Crippen molar-refractivity contribution < 1.29 is 21.6 Å². The Morgan fingerprint density at radius 3 is 2.00 bits per heavy atom. The van der Waals surface area contributed by atoms with Gasteiger partial charge in [-0.1, -0.05) is 18.2 Å². The smallest absolute Gasteiger partial charge is 0.261 e. The molecule has 168 valence electrons. The molecule has 0 spiro atoms. The van der Waals surface area contributed by atoms with Crippen LogP contribution in [0.5, 0.6) is 0 Å². The summed E-state index contributed by atoms with van der Waals surface area (Å²) in [5, 5.41) is 2.69. The van der Waals surface area contributed by atoms with E-state index in [0.717, 1.165) is 16.1 Å². The molecule has 0 aromatic heterocycles. The number of benzene rings is 3. The fourth-order valence-corrected chi connectivity index (χ4v) is 4.46. The van der Waals surface area contributed by atoms with Crippen molar-refractivity contribution in [2.24, 2.45) is 0 Å². The van der Waals surface area contributed by atoms with Gasteiger partial charge in [-0.05, 0) is 67.1 Å². The van der Waals surface area contributed by atoms with Crippen LogP contribution in [0.4, 0.5) is 17.1 Å². The molecule has 3 aromatic rings. The number of rotatable bonds is 7. The number of anilines is 3. The molecule has 3 aromatic carbocycles. The molecular formula is C22H23N3O5S2. The van der Waals surface area contributed by atoms with Gasteiger partial charge in [0.2, 0.25) is 10.0 Å². The summed E-state index contributed by atoms with van der Waals surface area (Å²) in [6.07, 6.45) is 1.09. The van der Waals surface area contributed by atoms with E-state index in [4.69, 9.17) is 0 Å². The number of amides is 1. The summed E-state index contributed by atoms with van der Waals surface area (Å²) in [6, 6.07) is 18.9. The Balaban J connectivity index is 1.70. The molecule has 10 heteroatoms. The maximum Gasteiger partial charge on any atom is 0.261 e. The summed E-state index contributed by atoms with van der Waals surface area (Å²) >= 11 is 0. The first-order chi connectivity index (χ1) is 15.0. The van der Waals surface area contributed by atoms with Gasteiger partial charge in [-0.25, -0.2) is 16.8 Å². The molecule has 32 heavy (non-hydrogen) atoms. The van der Waals surface area contributed by atoms with Crippen LogP contribution in [0, 0.1) is 6.92 Å². The summed E-state index contributed by atoms with van der Waals surface area (Å²) < 4.78 is 52.1. The van der Waals surface area contributed by atoms with Crippen molar-refractivity contribution in [1.29, 1.82) is 0 Å². The van der Waals surface area contributed by atoms with E-state index in [0.29, 0.717) is 22.6 Å². The van der Waals surface area contributed by atoms with Gasteiger partial charge >= 0.3 is 0 Å². The Kier molecular flexibility index (Phi) is 6.56. The van der Waals surface area contributed by atoms with Gasteiger partial charge in [-0.2, -0.15) is 0 Å². The number of aryl methyl sites for hydroxylation is 1. The largest absolute Gasteiger partial charge is 0.322 e. The molecule has 0 aliphatic heterocycles. The lowest BCUT2D eigenvalue weighted by Crippen LogP contribution is -2.24. The molecule has 0 aliphatic rings. The number of carbonyl (C=O) groups is 1. The molecule has 8 nitrogen and oxygen atoms in total. The van der Waals surface area contributed by atoms with Crippen molar-refractivity contribution in [3.05, 3.63) is 83.9 Å². The van der Waals surface area contributed by atoms with Crippen LogP contribution in [-0.2, 0) is 20.0 Å². The Labute approximate surface area is 188 Å². The maximum absolute atomic E-state index is 12.6. The van der Waals surface area contributed by atoms with Crippen LogP contribution in [0.15, 0.2) is 77.7 Å². The Bertz CT molecular complexity index is 1340. The van der Waals surface area contributed by atoms with Crippen LogP contribution in [-0.4, -0.2) is 36.0 Å². The molecule has 3 rings (SSSR count). The molecule has 0 heterocycles. The second-order valence-corrected chi connectivity index (χ2v) is 10.9. The maximum atomic E-state index is 12.6. The van der Waals surface area contributed by atoms with Crippen LogP contribution < -0.4 is 14.3 Å². The fourth-order valence-electron chi connectivity index (χ4n) is 2.83. The van der Waals surface area contributed by atoms with E-state index in [1.165, 1.54) is 55.6 Å². The third kappa shape index (κ3) is 5.45. The van der Waals surface area contributed by atoms with Gasteiger partial charge < -0.3 is 5.32 Å². The third-order valence-electron chi connectivity index (χ3n) is 4.80. The van der Waals surface area contributed by atoms with Crippen molar-refractivity contribution in [3.63, 3.8) is 0 Å². The summed E-state index contributed by atoms with van der Waals surface area (Å²) in [5.41, 5.74) is 2.47. The van der Waals surface area contributed by atoms with Crippen molar-refractivity contribution in [2.45, 2.75) is 11.8 Å². The van der Waals surface area contributed by atoms with Crippen LogP contribution in [0.25, 0.3) is 0 Å². The molecule has 0 aliphatic carbocycles. The Morgan fingerprint density at radius 1 is 0.844 bits per heavy atom. The van der Waals surface area contributed by atoms with Crippen LogP contribution in [0.3, 0.4) is 0 Å². The molecule has 0 atom stereocenters. The number of carbonyl (C=O) groups excluding carboxylic acids is 1. The minimum Gasteiger partial charge on any atom is -0.322 e. The molecule has 1 amide bonds. The molecule has 0 fully saturated rings. The van der Waals surface area contributed by atoms with Gasteiger partial charge in [-0.3, -0.25) is 13.8 Å². The predicted octanol–water partition coefficient (Wildman–Crippen LogP) is 3.44. The van der Waals surface area contributed by atoms with Crippen molar-refractivity contribution >= 4 is 43.0 Å². The third-order valence-corrected chi connectivity index (χ3v) is 7.39. The van der Waals surface area contributed by atoms with E-state index in [-0.39, 0.29) is 4.90 Å². The van der Waals surface area contributed by atoms with Crippen molar-refractivity contribution in [3.8, 4) is 0 Å². The Hall–Kier alpha value is -3.37. The summed E-state index contributed by atoms with van der Waals surface area (Å²) in [5.74, 6) is -0.410. The zero-order valence-corrected chi connectivity index (χ0v) is 19.4. The first-order valence-electron chi connectivity index (χ1n) is 9.51. The van der Waals surface area contributed by atoms with E-state index >= 15 is 0 Å². The second-order valence-electron chi connectivity index (χ2n) is 7.18. The lowest BCUT2D eigenvalue weighted by molar-refractivity contribution is 0.102. The number of hydrogen-bond donors (Lipinski definition) is 2. The standard InChI is InChI=1S/C22H23N3O5S2/c1-16-6-4-5-7-21(16)24-32(29,30)20-14-10-18(11-15-20)23-22(26)17-8-12-19(13-9-17)25(2)31(3,27)28/h4-15,24H,1-3H3,(H,23,26).